The maximum absolute atomic E-state index is 13.3. The molecule has 0 aromatic heterocycles. The quantitative estimate of drug-likeness (QED) is 0.595. The van der Waals surface area contributed by atoms with Crippen LogP contribution in [0.5, 0.6) is 0 Å². The summed E-state index contributed by atoms with van der Waals surface area (Å²) in [6.07, 6.45) is 0. The van der Waals surface area contributed by atoms with E-state index in [1.807, 2.05) is 54.6 Å². The summed E-state index contributed by atoms with van der Waals surface area (Å²) in [4.78, 5) is 31.5. The van der Waals surface area contributed by atoms with Gasteiger partial charge in [0.15, 0.2) is 0 Å². The number of rotatable bonds is 5. The van der Waals surface area contributed by atoms with Crippen LogP contribution in [0.3, 0.4) is 0 Å². The van der Waals surface area contributed by atoms with Gasteiger partial charge in [-0.2, -0.15) is 0 Å². The number of carboxylic acids is 1. The summed E-state index contributed by atoms with van der Waals surface area (Å²) in [6, 6.07) is 22.8. The Labute approximate surface area is 176 Å². The molecule has 3 aromatic rings. The van der Waals surface area contributed by atoms with E-state index in [-0.39, 0.29) is 12.5 Å². The van der Waals surface area contributed by atoms with Gasteiger partial charge in [-0.25, -0.2) is 5.06 Å². The lowest BCUT2D eigenvalue weighted by molar-refractivity contribution is -0.176. The van der Waals surface area contributed by atoms with Crippen molar-refractivity contribution in [1.82, 2.24) is 5.06 Å². The fourth-order valence-corrected chi connectivity index (χ4v) is 3.89. The van der Waals surface area contributed by atoms with Crippen molar-refractivity contribution in [3.05, 3.63) is 106 Å². The first-order chi connectivity index (χ1) is 14.1. The molecule has 0 fully saturated rings. The normalized spacial score (nSPS) is 18.4. The van der Waals surface area contributed by atoms with Crippen molar-refractivity contribution in [2.45, 2.75) is 18.6 Å². The summed E-state index contributed by atoms with van der Waals surface area (Å²) in [7, 11) is 0. The smallest absolute Gasteiger partial charge is 0.313 e. The number of nitrogens with zero attached hydrogens (tertiary/aromatic N) is 1. The van der Waals surface area contributed by atoms with E-state index in [4.69, 9.17) is 4.84 Å². The van der Waals surface area contributed by atoms with Crippen LogP contribution in [0.25, 0.3) is 0 Å². The van der Waals surface area contributed by atoms with Crippen LogP contribution >= 0.6 is 15.9 Å². The van der Waals surface area contributed by atoms with Crippen molar-refractivity contribution in [1.29, 1.82) is 0 Å². The van der Waals surface area contributed by atoms with E-state index in [0.29, 0.717) is 16.7 Å². The number of aliphatic carboxylic acids is 1. The number of hydroxylamine groups is 2. The summed E-state index contributed by atoms with van der Waals surface area (Å²) in [5, 5.41) is 11.3. The molecule has 0 saturated heterocycles. The second kappa shape index (κ2) is 8.19. The Morgan fingerprint density at radius 2 is 1.62 bits per heavy atom. The van der Waals surface area contributed by atoms with Gasteiger partial charge in [-0.15, -0.1) is 0 Å². The zero-order valence-electron chi connectivity index (χ0n) is 15.4. The van der Waals surface area contributed by atoms with Gasteiger partial charge in [0.1, 0.15) is 18.6 Å². The number of benzene rings is 3. The highest BCUT2D eigenvalue weighted by Crippen LogP contribution is 2.43. The van der Waals surface area contributed by atoms with E-state index in [0.717, 1.165) is 10.0 Å². The molecule has 6 heteroatoms. The lowest BCUT2D eigenvalue weighted by atomic mass is 9.81. The Bertz CT molecular complexity index is 1040. The Kier molecular flexibility index (Phi) is 5.47. The van der Waals surface area contributed by atoms with Crippen LogP contribution in [0.15, 0.2) is 83.3 Å². The Morgan fingerprint density at radius 1 is 0.966 bits per heavy atom. The molecule has 2 unspecified atom stereocenters. The molecule has 0 aliphatic carbocycles. The number of halogens is 1. The molecule has 0 saturated carbocycles. The molecule has 0 spiro atoms. The topological polar surface area (TPSA) is 66.8 Å². The van der Waals surface area contributed by atoms with Crippen molar-refractivity contribution in [3.63, 3.8) is 0 Å². The summed E-state index contributed by atoms with van der Waals surface area (Å²) in [5.41, 5.74) is 2.43. The molecule has 146 valence electrons. The van der Waals surface area contributed by atoms with E-state index in [2.05, 4.69) is 15.9 Å². The van der Waals surface area contributed by atoms with Gasteiger partial charge >= 0.3 is 5.97 Å². The van der Waals surface area contributed by atoms with Crippen LogP contribution in [0.4, 0.5) is 0 Å². The number of hydrogen-bond acceptors (Lipinski definition) is 3. The van der Waals surface area contributed by atoms with E-state index in [1.165, 1.54) is 5.06 Å². The first-order valence-electron chi connectivity index (χ1n) is 9.14. The predicted octanol–water partition coefficient (Wildman–Crippen LogP) is 4.95. The van der Waals surface area contributed by atoms with Crippen molar-refractivity contribution >= 4 is 27.8 Å². The number of carbonyl (C=O) groups is 2. The summed E-state index contributed by atoms with van der Waals surface area (Å²) >= 11 is 3.40. The largest absolute Gasteiger partial charge is 0.481 e. The third-order valence-electron chi connectivity index (χ3n) is 4.99. The second-order valence-electron chi connectivity index (χ2n) is 6.79. The monoisotopic (exact) mass is 451 g/mol. The van der Waals surface area contributed by atoms with Crippen LogP contribution in [-0.2, 0) is 16.2 Å². The molecule has 1 amide bonds. The highest BCUT2D eigenvalue weighted by atomic mass is 79.9. The molecule has 1 aliphatic rings. The van der Waals surface area contributed by atoms with Crippen molar-refractivity contribution in [3.8, 4) is 0 Å². The lowest BCUT2D eigenvalue weighted by Crippen LogP contribution is -2.44. The minimum Gasteiger partial charge on any atom is -0.481 e. The maximum atomic E-state index is 13.3. The minimum atomic E-state index is -1.01. The van der Waals surface area contributed by atoms with Crippen LogP contribution in [0.1, 0.15) is 39.0 Å². The zero-order valence-corrected chi connectivity index (χ0v) is 17.0. The first-order valence-corrected chi connectivity index (χ1v) is 9.93. The maximum Gasteiger partial charge on any atom is 0.313 e. The summed E-state index contributed by atoms with van der Waals surface area (Å²) in [5.74, 6) is -2.30. The van der Waals surface area contributed by atoms with Crippen LogP contribution in [0, 0.1) is 0 Å². The third-order valence-corrected chi connectivity index (χ3v) is 5.51. The molecule has 0 radical (unpaired) electrons. The van der Waals surface area contributed by atoms with Gasteiger partial charge in [-0.3, -0.25) is 14.4 Å². The van der Waals surface area contributed by atoms with Gasteiger partial charge in [-0.1, -0.05) is 76.6 Å². The average molecular weight is 452 g/mol. The fourth-order valence-electron chi connectivity index (χ4n) is 3.63. The highest BCUT2D eigenvalue weighted by Gasteiger charge is 2.45. The van der Waals surface area contributed by atoms with Gasteiger partial charge in [-0.05, 0) is 34.9 Å². The molecule has 1 heterocycles. The standard InChI is InChI=1S/C23H18BrNO4/c24-17-12-10-16(11-13-17)21-20(23(27)28)18-8-4-5-9-19(18)22(26)25(21)29-14-15-6-2-1-3-7-15/h1-13,20-21H,14H2,(H,27,28). The Hall–Kier alpha value is -2.96. The summed E-state index contributed by atoms with van der Waals surface area (Å²) in [6.45, 7) is 0.161. The fraction of sp³-hybridized carbons (Fsp3) is 0.130. The second-order valence-corrected chi connectivity index (χ2v) is 7.71. The molecule has 3 aromatic carbocycles. The highest BCUT2D eigenvalue weighted by molar-refractivity contribution is 9.10. The van der Waals surface area contributed by atoms with Gasteiger partial charge < -0.3 is 5.11 Å². The van der Waals surface area contributed by atoms with Crippen molar-refractivity contribution < 1.29 is 19.5 Å². The van der Waals surface area contributed by atoms with Gasteiger partial charge in [0, 0.05) is 10.0 Å². The molecule has 5 nitrogen and oxygen atoms in total. The minimum absolute atomic E-state index is 0.161. The SMILES string of the molecule is O=C(O)C1c2ccccc2C(=O)N(OCc2ccccc2)C1c1ccc(Br)cc1. The number of carbonyl (C=O) groups excluding carboxylic acids is 1. The third kappa shape index (κ3) is 3.81. The van der Waals surface area contributed by atoms with Gasteiger partial charge in [0.2, 0.25) is 0 Å². The molecular formula is C23H18BrNO4. The van der Waals surface area contributed by atoms with Gasteiger partial charge in [0.05, 0.1) is 0 Å². The molecule has 0 bridgehead atoms. The van der Waals surface area contributed by atoms with E-state index in [9.17, 15) is 14.7 Å². The molecule has 1 aliphatic heterocycles. The van der Waals surface area contributed by atoms with Crippen molar-refractivity contribution in [2.24, 2.45) is 0 Å². The molecule has 1 N–H and O–H groups in total. The molecular weight excluding hydrogens is 434 g/mol. The zero-order chi connectivity index (χ0) is 20.4. The number of hydrogen-bond donors (Lipinski definition) is 1. The molecule has 29 heavy (non-hydrogen) atoms. The van der Waals surface area contributed by atoms with E-state index >= 15 is 0 Å². The van der Waals surface area contributed by atoms with Crippen LogP contribution in [-0.4, -0.2) is 22.0 Å². The predicted molar refractivity (Wildman–Crippen MR) is 111 cm³/mol. The van der Waals surface area contributed by atoms with Crippen LogP contribution < -0.4 is 0 Å². The van der Waals surface area contributed by atoms with E-state index in [1.54, 1.807) is 24.3 Å². The lowest BCUT2D eigenvalue weighted by Gasteiger charge is -2.39. The van der Waals surface area contributed by atoms with Crippen LogP contribution in [0.2, 0.25) is 0 Å². The number of amides is 1. The Balaban J connectivity index is 1.79. The molecule has 4 rings (SSSR count). The number of carboxylic acid groups (broad SMARTS) is 1. The Morgan fingerprint density at radius 3 is 2.31 bits per heavy atom. The summed E-state index contributed by atoms with van der Waals surface area (Å²) < 4.78 is 0.868. The van der Waals surface area contributed by atoms with E-state index < -0.39 is 17.9 Å². The van der Waals surface area contributed by atoms with Crippen molar-refractivity contribution in [2.75, 3.05) is 0 Å². The number of fused-ring (bicyclic) bond motifs is 1. The molecule has 2 atom stereocenters. The average Bonchev–Trinajstić information content (AvgIpc) is 2.74. The van der Waals surface area contributed by atoms with Gasteiger partial charge in [0.25, 0.3) is 5.91 Å². The first kappa shape index (κ1) is 19.4.